The molecule has 0 radical (unpaired) electrons. The molecule has 6 N–H and O–H groups in total. The Morgan fingerprint density at radius 2 is 1.66 bits per heavy atom. The number of hydrogen-bond donors (Lipinski definition) is 5. The molecular formula is C38H44Cl5F3N7O11P. The molecular weight excluding hydrogens is 996 g/mol. The highest BCUT2D eigenvalue weighted by Crippen LogP contribution is 2.39. The fourth-order valence-electron chi connectivity index (χ4n) is 5.67. The normalized spacial score (nSPS) is 13.2. The van der Waals surface area contributed by atoms with E-state index in [9.17, 15) is 42.2 Å². The molecule has 0 saturated carbocycles. The van der Waals surface area contributed by atoms with E-state index in [-0.39, 0.29) is 46.2 Å². The zero-order chi connectivity index (χ0) is 49.4. The number of carbonyl (C=O) groups excluding carboxylic acids is 2. The van der Waals surface area contributed by atoms with E-state index in [1.165, 1.54) is 0 Å². The summed E-state index contributed by atoms with van der Waals surface area (Å²) in [6, 6.07) is 14.6. The van der Waals surface area contributed by atoms with Crippen LogP contribution in [0.4, 0.5) is 36.1 Å². The molecule has 0 fully saturated rings. The zero-order valence-electron chi connectivity index (χ0n) is 34.8. The number of amides is 2. The van der Waals surface area contributed by atoms with Gasteiger partial charge >= 0.3 is 25.4 Å². The van der Waals surface area contributed by atoms with Crippen molar-refractivity contribution in [2.24, 2.45) is 0 Å². The van der Waals surface area contributed by atoms with Crippen molar-refractivity contribution in [3.8, 4) is 11.4 Å². The number of nitrogens with one attached hydrogen (secondary N) is 1. The maximum absolute atomic E-state index is 12.6. The first-order chi connectivity index (χ1) is 30.3. The molecule has 1 atom stereocenters. The summed E-state index contributed by atoms with van der Waals surface area (Å²) in [5.74, 6) is -1.34. The van der Waals surface area contributed by atoms with Crippen molar-refractivity contribution >= 4 is 106 Å². The predicted octanol–water partition coefficient (Wildman–Crippen LogP) is 8.08. The highest BCUT2D eigenvalue weighted by molar-refractivity contribution is 7.51. The van der Waals surface area contributed by atoms with E-state index in [0.29, 0.717) is 24.5 Å². The van der Waals surface area contributed by atoms with Crippen LogP contribution < -0.4 is 25.6 Å². The number of aliphatic carboxylic acids is 1. The maximum atomic E-state index is 12.6. The zero-order valence-corrected chi connectivity index (χ0v) is 39.4. The van der Waals surface area contributed by atoms with Crippen LogP contribution in [0.25, 0.3) is 5.69 Å². The minimum absolute atomic E-state index is 0.0371. The van der Waals surface area contributed by atoms with Crippen molar-refractivity contribution < 1.29 is 61.4 Å². The third kappa shape index (κ3) is 16.8. The van der Waals surface area contributed by atoms with E-state index in [4.69, 9.17) is 88.1 Å². The topological polar surface area (TPSA) is 253 Å². The number of nitrogen functional groups attached to an aromatic ring is 1. The lowest BCUT2D eigenvalue weighted by Gasteiger charge is -2.35. The van der Waals surface area contributed by atoms with Crippen LogP contribution in [-0.4, -0.2) is 97.4 Å². The van der Waals surface area contributed by atoms with Crippen LogP contribution in [0.2, 0.25) is 10.0 Å². The van der Waals surface area contributed by atoms with E-state index in [0.717, 1.165) is 46.2 Å². The molecule has 18 nitrogen and oxygen atoms in total. The van der Waals surface area contributed by atoms with E-state index in [2.05, 4.69) is 24.3 Å². The van der Waals surface area contributed by atoms with Gasteiger partial charge in [0.2, 0.25) is 11.7 Å². The lowest BCUT2D eigenvalue weighted by molar-refractivity contribution is -0.383. The Morgan fingerprint density at radius 3 is 2.11 bits per heavy atom. The quantitative estimate of drug-likeness (QED) is 0.0279. The first-order valence-electron chi connectivity index (χ1n) is 18.6. The van der Waals surface area contributed by atoms with Crippen molar-refractivity contribution in [3.05, 3.63) is 97.6 Å². The van der Waals surface area contributed by atoms with Crippen molar-refractivity contribution in [2.75, 3.05) is 54.7 Å². The van der Waals surface area contributed by atoms with Gasteiger partial charge in [-0.2, -0.15) is 18.3 Å². The molecule has 4 aromatic rings. The van der Waals surface area contributed by atoms with Gasteiger partial charge in [0.25, 0.3) is 5.91 Å². The Bertz CT molecular complexity index is 2280. The molecule has 65 heavy (non-hydrogen) atoms. The smallest absolute Gasteiger partial charge is 0.416 e. The minimum Gasteiger partial charge on any atom is -0.489 e. The van der Waals surface area contributed by atoms with E-state index in [1.54, 1.807) is 16.9 Å². The molecule has 1 aliphatic rings. The van der Waals surface area contributed by atoms with Crippen molar-refractivity contribution in [3.63, 3.8) is 0 Å². The van der Waals surface area contributed by atoms with Crippen LogP contribution in [0.1, 0.15) is 37.5 Å². The molecule has 358 valence electrons. The third-order valence-electron chi connectivity index (χ3n) is 8.51. The highest BCUT2D eigenvalue weighted by Gasteiger charge is 2.34. The summed E-state index contributed by atoms with van der Waals surface area (Å²) >= 11 is 28.5. The fourth-order valence-corrected chi connectivity index (χ4v) is 7.08. The number of nitrogens with two attached hydrogens (primary N) is 1. The second-order valence-electron chi connectivity index (χ2n) is 13.2. The average molecular weight is 1040 g/mol. The fraction of sp³-hybridized carbons (Fsp3) is 0.368. The number of carboxylic acids is 1. The summed E-state index contributed by atoms with van der Waals surface area (Å²) < 4.78 is 59.4. The molecule has 1 aromatic heterocycles. The Kier molecular flexibility index (Phi) is 22.7. The average Bonchev–Trinajstić information content (AvgIpc) is 3.62. The number of nitro groups is 1. The van der Waals surface area contributed by atoms with Crippen molar-refractivity contribution in [1.29, 1.82) is 0 Å². The number of halogens is 8. The number of aryl methyl sites for hydroxylation is 2. The number of fused-ring (bicyclic) bond motifs is 1. The maximum Gasteiger partial charge on any atom is 0.416 e. The van der Waals surface area contributed by atoms with Gasteiger partial charge < -0.3 is 35.0 Å². The van der Waals surface area contributed by atoms with Gasteiger partial charge in [-0.25, -0.2) is 4.68 Å². The second-order valence-corrected chi connectivity index (χ2v) is 17.0. The Balaban J connectivity index is 0.000000307. The van der Waals surface area contributed by atoms with Crippen LogP contribution in [0.15, 0.2) is 60.8 Å². The van der Waals surface area contributed by atoms with Gasteiger partial charge in [0.1, 0.15) is 36.9 Å². The summed E-state index contributed by atoms with van der Waals surface area (Å²) in [7, 11) is -2.52. The number of methoxy groups -OCH3 is 1. The van der Waals surface area contributed by atoms with Crippen LogP contribution in [0.3, 0.4) is 0 Å². The number of nitrogens with zero attached hydrogens (tertiary/aromatic N) is 5. The van der Waals surface area contributed by atoms with E-state index >= 15 is 0 Å². The molecule has 0 aliphatic carbocycles. The lowest BCUT2D eigenvalue weighted by atomic mass is 10.0. The Labute approximate surface area is 395 Å². The lowest BCUT2D eigenvalue weighted by Crippen LogP contribution is -2.47. The van der Waals surface area contributed by atoms with Crippen LogP contribution >= 0.6 is 65.6 Å². The SMILES string of the molecule is CC1COc2ccccc2N1C(=O)C(Cl)Cl.CCc1cccc(CC)c1N(COC)C(=O)CCl.Nc1c([N+](=O)[O-])cnn1-c1c(Cl)cc(C(F)(F)F)cc1Cl.O=C(O)CNCP(=O)(O)O. The van der Waals surface area contributed by atoms with Crippen LogP contribution in [0, 0.1) is 10.1 Å². The largest absolute Gasteiger partial charge is 0.489 e. The molecule has 2 heterocycles. The van der Waals surface area contributed by atoms with Gasteiger partial charge in [-0.15, -0.1) is 11.6 Å². The van der Waals surface area contributed by atoms with E-state index in [1.807, 2.05) is 49.4 Å². The number of anilines is 3. The van der Waals surface area contributed by atoms with Gasteiger partial charge in [0.15, 0.2) is 4.84 Å². The van der Waals surface area contributed by atoms with Crippen LogP contribution in [-0.2, 0) is 42.7 Å². The summed E-state index contributed by atoms with van der Waals surface area (Å²) in [5.41, 5.74) is 7.74. The molecule has 0 bridgehead atoms. The van der Waals surface area contributed by atoms with Gasteiger partial charge in [0.05, 0.1) is 50.8 Å². The molecule has 2 amide bonds. The Morgan fingerprint density at radius 1 is 1.09 bits per heavy atom. The highest BCUT2D eigenvalue weighted by atomic mass is 35.5. The molecule has 3 aromatic carbocycles. The molecule has 1 aliphatic heterocycles. The number of rotatable bonds is 13. The number of ether oxygens (including phenoxy) is 2. The first kappa shape index (κ1) is 56.7. The summed E-state index contributed by atoms with van der Waals surface area (Å²) in [6.45, 7) is 6.29. The van der Waals surface area contributed by atoms with Crippen LogP contribution in [0.5, 0.6) is 5.75 Å². The standard InChI is InChI=1S/C14H20ClNO2.C11H11Cl2NO2.C10H5Cl2F3N4O2.C3H8NO5P/c1-4-11-7-6-8-12(5-2)14(11)16(10-18-3)13(17)9-15;1-7-6-16-9-5-3-2-4-8(9)14(7)11(15)10(12)13;11-5-1-4(10(13,14)15)2-6(12)8(5)18-9(16)7(3-17-18)19(20)21;5-3(6)1-4-2-10(7,8)9/h6-8H,4-5,9-10H2,1-3H3;2-5,7,10H,6H2,1H3;1-3H,16H2;4H,1-2H2,(H,5,6)(H2,7,8,9). The predicted molar refractivity (Wildman–Crippen MR) is 242 cm³/mol. The van der Waals surface area contributed by atoms with E-state index < -0.39 is 59.4 Å². The number of carbonyl (C=O) groups is 3. The number of para-hydroxylation sites is 3. The molecule has 5 rings (SSSR count). The van der Waals surface area contributed by atoms with Gasteiger partial charge in [-0.05, 0) is 55.2 Å². The van der Waals surface area contributed by atoms with Crippen molar-refractivity contribution in [2.45, 2.75) is 50.7 Å². The summed E-state index contributed by atoms with van der Waals surface area (Å²) in [6.07, 6.45) is -2.63. The monoisotopic (exact) mass is 1040 g/mol. The van der Waals surface area contributed by atoms with Gasteiger partial charge in [-0.1, -0.05) is 90.6 Å². The summed E-state index contributed by atoms with van der Waals surface area (Å²) in [4.78, 5) is 62.0. The summed E-state index contributed by atoms with van der Waals surface area (Å²) in [5, 5.41) is 23.6. The minimum atomic E-state index is -4.63. The van der Waals surface area contributed by atoms with Crippen molar-refractivity contribution in [1.82, 2.24) is 15.1 Å². The number of benzene rings is 3. The third-order valence-corrected chi connectivity index (χ3v) is 10.3. The molecule has 0 spiro atoms. The molecule has 1 unspecified atom stereocenters. The number of carboxylic acid groups (broad SMARTS) is 1. The number of aromatic nitrogens is 2. The Hall–Kier alpha value is -4.41. The van der Waals surface area contributed by atoms with Gasteiger partial charge in [0, 0.05) is 7.11 Å². The first-order valence-corrected chi connectivity index (χ1v) is 22.6. The number of hydrogen-bond acceptors (Lipinski definition) is 11. The molecule has 27 heteroatoms. The van der Waals surface area contributed by atoms with Gasteiger partial charge in [-0.3, -0.25) is 39.3 Å². The second kappa shape index (κ2) is 26.1. The number of alkyl halides is 6. The molecule has 0 saturated heterocycles.